The quantitative estimate of drug-likeness (QED) is 0.147. The summed E-state index contributed by atoms with van der Waals surface area (Å²) in [5.41, 5.74) is 2.41. The van der Waals surface area contributed by atoms with Gasteiger partial charge in [0.1, 0.15) is 6.61 Å². The molecule has 0 saturated carbocycles. The highest BCUT2D eigenvalue weighted by atomic mass is 32.2. The van der Waals surface area contributed by atoms with Crippen molar-refractivity contribution in [2.24, 2.45) is 4.99 Å². The summed E-state index contributed by atoms with van der Waals surface area (Å²) in [4.78, 5) is 41.6. The fourth-order valence-corrected chi connectivity index (χ4v) is 4.60. The zero-order chi connectivity index (χ0) is 27.9. The van der Waals surface area contributed by atoms with Crippen LogP contribution in [-0.2, 0) is 16.1 Å². The van der Waals surface area contributed by atoms with Gasteiger partial charge in [0.25, 0.3) is 11.6 Å². The zero-order valence-corrected chi connectivity index (χ0v) is 22.3. The van der Waals surface area contributed by atoms with Gasteiger partial charge in [-0.25, -0.2) is 9.79 Å². The molecule has 0 spiro atoms. The molecule has 1 aliphatic rings. The summed E-state index contributed by atoms with van der Waals surface area (Å²) in [7, 11) is 2.95. The van der Waals surface area contributed by atoms with Gasteiger partial charge < -0.3 is 14.2 Å². The number of carbonyl (C=O) groups is 2. The van der Waals surface area contributed by atoms with Crippen LogP contribution < -0.4 is 9.47 Å². The van der Waals surface area contributed by atoms with E-state index < -0.39 is 10.9 Å². The standard InChI is InChI=1S/C28H25N3O7S/c1-4-37-24-14-19(10-13-23(24)38-17-18-8-11-22(12-9-18)31(34)35)15-25-26(32)30(2)28(39-25)29-21-7-5-6-20(16-21)27(33)36-3/h5-16H,4,17H2,1-3H3. The molecule has 4 rings (SSSR count). The van der Waals surface area contributed by atoms with Crippen molar-refractivity contribution in [1.29, 1.82) is 0 Å². The van der Waals surface area contributed by atoms with E-state index in [9.17, 15) is 19.7 Å². The summed E-state index contributed by atoms with van der Waals surface area (Å²) in [6.45, 7) is 2.47. The third-order valence-electron chi connectivity index (χ3n) is 5.60. The SMILES string of the molecule is CCOc1cc(C=C2SC(=Nc3cccc(C(=O)OC)c3)N(C)C2=O)ccc1OCc1ccc([N+](=O)[O-])cc1. The van der Waals surface area contributed by atoms with Crippen LogP contribution in [0.25, 0.3) is 6.08 Å². The number of aliphatic imine (C=N–C) groups is 1. The maximum Gasteiger partial charge on any atom is 0.337 e. The Kier molecular flexibility index (Phi) is 8.62. The van der Waals surface area contributed by atoms with Crippen LogP contribution in [0.3, 0.4) is 0 Å². The number of nitro benzene ring substituents is 1. The Morgan fingerprint density at radius 3 is 2.54 bits per heavy atom. The van der Waals surface area contributed by atoms with Crippen molar-refractivity contribution >= 4 is 46.3 Å². The summed E-state index contributed by atoms with van der Waals surface area (Å²) in [5.74, 6) is 0.337. The number of nitrogens with zero attached hydrogens (tertiary/aromatic N) is 3. The molecule has 0 bridgehead atoms. The molecule has 0 radical (unpaired) electrons. The molecule has 0 unspecified atom stereocenters. The number of carbonyl (C=O) groups excluding carboxylic acids is 2. The van der Waals surface area contributed by atoms with Crippen molar-refractivity contribution in [2.75, 3.05) is 20.8 Å². The van der Waals surface area contributed by atoms with Gasteiger partial charge in [-0.2, -0.15) is 0 Å². The summed E-state index contributed by atoms with van der Waals surface area (Å²) < 4.78 is 16.4. The number of rotatable bonds is 9. The molecule has 1 heterocycles. The number of amides is 1. The summed E-state index contributed by atoms with van der Waals surface area (Å²) in [6.07, 6.45) is 1.75. The minimum Gasteiger partial charge on any atom is -0.490 e. The Labute approximate surface area is 229 Å². The summed E-state index contributed by atoms with van der Waals surface area (Å²) in [6, 6.07) is 18.2. The van der Waals surface area contributed by atoms with Crippen LogP contribution in [0.2, 0.25) is 0 Å². The molecule has 0 aliphatic carbocycles. The van der Waals surface area contributed by atoms with Crippen LogP contribution in [0.1, 0.15) is 28.4 Å². The lowest BCUT2D eigenvalue weighted by Gasteiger charge is -2.13. The van der Waals surface area contributed by atoms with Gasteiger partial charge >= 0.3 is 5.97 Å². The normalized spacial score (nSPS) is 15.1. The highest BCUT2D eigenvalue weighted by molar-refractivity contribution is 8.18. The number of methoxy groups -OCH3 is 1. The first-order valence-electron chi connectivity index (χ1n) is 11.9. The van der Waals surface area contributed by atoms with Crippen LogP contribution >= 0.6 is 11.8 Å². The van der Waals surface area contributed by atoms with E-state index in [0.717, 1.165) is 11.1 Å². The largest absolute Gasteiger partial charge is 0.490 e. The van der Waals surface area contributed by atoms with E-state index in [2.05, 4.69) is 4.99 Å². The predicted octanol–water partition coefficient (Wildman–Crippen LogP) is 5.59. The van der Waals surface area contributed by atoms with Gasteiger partial charge in [0.2, 0.25) is 0 Å². The van der Waals surface area contributed by atoms with E-state index in [1.165, 1.54) is 35.9 Å². The first-order valence-corrected chi connectivity index (χ1v) is 12.7. The number of hydrogen-bond acceptors (Lipinski definition) is 9. The number of nitro groups is 1. The summed E-state index contributed by atoms with van der Waals surface area (Å²) in [5, 5.41) is 11.3. The van der Waals surface area contributed by atoms with Crippen molar-refractivity contribution < 1.29 is 28.7 Å². The van der Waals surface area contributed by atoms with Crippen molar-refractivity contribution in [3.8, 4) is 11.5 Å². The molecule has 200 valence electrons. The Morgan fingerprint density at radius 1 is 1.08 bits per heavy atom. The second kappa shape index (κ2) is 12.3. The van der Waals surface area contributed by atoms with Crippen molar-refractivity contribution in [1.82, 2.24) is 4.90 Å². The molecule has 3 aromatic rings. The summed E-state index contributed by atoms with van der Waals surface area (Å²) >= 11 is 1.22. The molecule has 39 heavy (non-hydrogen) atoms. The number of ether oxygens (including phenoxy) is 3. The van der Waals surface area contributed by atoms with Gasteiger partial charge in [0, 0.05) is 19.2 Å². The number of non-ortho nitro benzene ring substituents is 1. The number of esters is 1. The molecule has 3 aromatic carbocycles. The van der Waals surface area contributed by atoms with E-state index in [1.807, 2.05) is 13.0 Å². The second-order valence-corrected chi connectivity index (χ2v) is 9.27. The van der Waals surface area contributed by atoms with Crippen LogP contribution in [0.15, 0.2) is 76.6 Å². The fourth-order valence-electron chi connectivity index (χ4n) is 3.61. The smallest absolute Gasteiger partial charge is 0.337 e. The first-order chi connectivity index (χ1) is 18.8. The molecule has 0 N–H and O–H groups in total. The van der Waals surface area contributed by atoms with Gasteiger partial charge in [0.15, 0.2) is 16.7 Å². The lowest BCUT2D eigenvalue weighted by Crippen LogP contribution is -2.23. The lowest BCUT2D eigenvalue weighted by molar-refractivity contribution is -0.384. The molecular weight excluding hydrogens is 522 g/mol. The van der Waals surface area contributed by atoms with E-state index >= 15 is 0 Å². The van der Waals surface area contributed by atoms with Gasteiger partial charge in [-0.15, -0.1) is 0 Å². The molecule has 0 atom stereocenters. The topological polar surface area (TPSA) is 121 Å². The lowest BCUT2D eigenvalue weighted by atomic mass is 10.1. The average Bonchev–Trinajstić information content (AvgIpc) is 3.20. The van der Waals surface area contributed by atoms with E-state index in [0.29, 0.717) is 39.4 Å². The Balaban J connectivity index is 1.52. The second-order valence-electron chi connectivity index (χ2n) is 8.26. The van der Waals surface area contributed by atoms with Crippen molar-refractivity contribution in [3.05, 3.63) is 98.4 Å². The Morgan fingerprint density at radius 2 is 1.85 bits per heavy atom. The third-order valence-corrected chi connectivity index (χ3v) is 6.66. The minimum absolute atomic E-state index is 0.0130. The Hall–Kier alpha value is -4.64. The van der Waals surface area contributed by atoms with Gasteiger partial charge in [0.05, 0.1) is 34.8 Å². The number of hydrogen-bond donors (Lipinski definition) is 0. The molecule has 1 fully saturated rings. The minimum atomic E-state index is -0.466. The molecular formula is C28H25N3O7S. The van der Waals surface area contributed by atoms with Crippen LogP contribution in [0, 0.1) is 10.1 Å². The van der Waals surface area contributed by atoms with E-state index in [4.69, 9.17) is 14.2 Å². The molecule has 11 heteroatoms. The molecule has 0 aromatic heterocycles. The van der Waals surface area contributed by atoms with Gasteiger partial charge in [-0.3, -0.25) is 19.8 Å². The highest BCUT2D eigenvalue weighted by Crippen LogP contribution is 2.35. The number of benzene rings is 3. The van der Waals surface area contributed by atoms with Crippen molar-refractivity contribution in [2.45, 2.75) is 13.5 Å². The first kappa shape index (κ1) is 27.4. The average molecular weight is 548 g/mol. The zero-order valence-electron chi connectivity index (χ0n) is 21.5. The third kappa shape index (κ3) is 6.63. The Bertz CT molecular complexity index is 1470. The van der Waals surface area contributed by atoms with Crippen LogP contribution in [0.5, 0.6) is 11.5 Å². The highest BCUT2D eigenvalue weighted by Gasteiger charge is 2.30. The maximum absolute atomic E-state index is 12.9. The fraction of sp³-hybridized carbons (Fsp3) is 0.179. The van der Waals surface area contributed by atoms with Crippen LogP contribution in [-0.4, -0.2) is 47.6 Å². The molecule has 1 amide bonds. The molecule has 1 saturated heterocycles. The van der Waals surface area contributed by atoms with Gasteiger partial charge in [-0.1, -0.05) is 12.1 Å². The van der Waals surface area contributed by atoms with E-state index in [-0.39, 0.29) is 18.2 Å². The van der Waals surface area contributed by atoms with Crippen molar-refractivity contribution in [3.63, 3.8) is 0 Å². The number of thioether (sulfide) groups is 1. The number of likely N-dealkylation sites (N-methyl/N-ethyl adjacent to an activating group) is 1. The predicted molar refractivity (Wildman–Crippen MR) is 148 cm³/mol. The van der Waals surface area contributed by atoms with Gasteiger partial charge in [-0.05, 0) is 78.4 Å². The van der Waals surface area contributed by atoms with Crippen LogP contribution in [0.4, 0.5) is 11.4 Å². The van der Waals surface area contributed by atoms with E-state index in [1.54, 1.807) is 61.7 Å². The molecule has 1 aliphatic heterocycles. The monoisotopic (exact) mass is 547 g/mol. The number of amidine groups is 1. The molecule has 10 nitrogen and oxygen atoms in total. The maximum atomic E-state index is 12.9.